The molecular formula is C15H14O4. The number of rotatable bonds is 1. The van der Waals surface area contributed by atoms with Crippen LogP contribution in [0.1, 0.15) is 17.9 Å². The molecule has 2 aliphatic rings. The van der Waals surface area contributed by atoms with Crippen molar-refractivity contribution >= 4 is 5.78 Å². The van der Waals surface area contributed by atoms with Crippen LogP contribution in [0.4, 0.5) is 0 Å². The largest absolute Gasteiger partial charge is 0.508 e. The van der Waals surface area contributed by atoms with Gasteiger partial charge in [0.25, 0.3) is 0 Å². The predicted octanol–water partition coefficient (Wildman–Crippen LogP) is 2.42. The second kappa shape index (κ2) is 4.46. The molecule has 0 unspecified atom stereocenters. The Morgan fingerprint density at radius 2 is 1.84 bits per heavy atom. The Balaban J connectivity index is 1.86. The number of aliphatic hydroxyl groups is 1. The van der Waals surface area contributed by atoms with E-state index in [1.165, 1.54) is 6.08 Å². The standard InChI is InChI=1S/C15H14O4/c16-10-3-1-9(2-4-10)13-8-19-14-7-11(17)5-6-12(14)15(13)18/h1-5,7,12-13,16-17H,6,8H2/t12-,13+/m0/s1. The van der Waals surface area contributed by atoms with E-state index in [0.717, 1.165) is 5.56 Å². The number of hydrogen-bond donors (Lipinski definition) is 2. The molecule has 1 fully saturated rings. The lowest BCUT2D eigenvalue weighted by Gasteiger charge is -2.32. The minimum Gasteiger partial charge on any atom is -0.508 e. The van der Waals surface area contributed by atoms with E-state index in [9.17, 15) is 15.0 Å². The smallest absolute Gasteiger partial charge is 0.154 e. The highest BCUT2D eigenvalue weighted by Gasteiger charge is 2.37. The van der Waals surface area contributed by atoms with Gasteiger partial charge in [0.1, 0.15) is 23.9 Å². The van der Waals surface area contributed by atoms with Crippen LogP contribution in [0.25, 0.3) is 0 Å². The molecule has 98 valence electrons. The first-order valence-corrected chi connectivity index (χ1v) is 6.21. The van der Waals surface area contributed by atoms with Gasteiger partial charge in [-0.25, -0.2) is 0 Å². The van der Waals surface area contributed by atoms with Crippen molar-refractivity contribution in [3.8, 4) is 5.75 Å². The van der Waals surface area contributed by atoms with Crippen molar-refractivity contribution in [3.05, 3.63) is 53.5 Å². The van der Waals surface area contributed by atoms with E-state index >= 15 is 0 Å². The first kappa shape index (κ1) is 11.8. The molecule has 3 rings (SSSR count). The predicted molar refractivity (Wildman–Crippen MR) is 68.7 cm³/mol. The van der Waals surface area contributed by atoms with E-state index in [0.29, 0.717) is 12.2 Å². The molecule has 19 heavy (non-hydrogen) atoms. The van der Waals surface area contributed by atoms with Crippen LogP contribution in [0.5, 0.6) is 5.75 Å². The molecule has 0 saturated carbocycles. The summed E-state index contributed by atoms with van der Waals surface area (Å²) in [6, 6.07) is 6.62. The third-order valence-electron chi connectivity index (χ3n) is 3.60. The summed E-state index contributed by atoms with van der Waals surface area (Å²) >= 11 is 0. The number of fused-ring (bicyclic) bond motifs is 1. The molecule has 0 amide bonds. The lowest BCUT2D eigenvalue weighted by Crippen LogP contribution is -2.34. The minimum atomic E-state index is -0.309. The number of aromatic hydroxyl groups is 1. The number of ketones is 1. The molecule has 2 atom stereocenters. The maximum atomic E-state index is 12.5. The van der Waals surface area contributed by atoms with Crippen molar-refractivity contribution in [3.63, 3.8) is 0 Å². The molecule has 4 nitrogen and oxygen atoms in total. The molecule has 1 heterocycles. The SMILES string of the molecule is O=C1[C@H]2CC=C(O)C=C2OC[C@@H]1c1ccc(O)cc1. The Morgan fingerprint density at radius 3 is 2.58 bits per heavy atom. The third kappa shape index (κ3) is 2.10. The Morgan fingerprint density at radius 1 is 1.11 bits per heavy atom. The van der Waals surface area contributed by atoms with E-state index < -0.39 is 0 Å². The van der Waals surface area contributed by atoms with E-state index in [-0.39, 0.29) is 35.7 Å². The number of aliphatic hydroxyl groups excluding tert-OH is 1. The van der Waals surface area contributed by atoms with Gasteiger partial charge in [-0.1, -0.05) is 12.1 Å². The van der Waals surface area contributed by atoms with Crippen LogP contribution in [0.2, 0.25) is 0 Å². The molecule has 0 aromatic heterocycles. The molecular weight excluding hydrogens is 244 g/mol. The molecule has 0 radical (unpaired) electrons. The van der Waals surface area contributed by atoms with Gasteiger partial charge < -0.3 is 14.9 Å². The van der Waals surface area contributed by atoms with Crippen LogP contribution in [0.15, 0.2) is 47.9 Å². The number of hydrogen-bond acceptors (Lipinski definition) is 4. The second-order valence-electron chi connectivity index (χ2n) is 4.82. The van der Waals surface area contributed by atoms with Crippen molar-refractivity contribution < 1.29 is 19.7 Å². The molecule has 0 bridgehead atoms. The van der Waals surface area contributed by atoms with Gasteiger partial charge in [-0.3, -0.25) is 4.79 Å². The van der Waals surface area contributed by atoms with E-state index in [1.54, 1.807) is 30.3 Å². The Kier molecular flexibility index (Phi) is 2.78. The van der Waals surface area contributed by atoms with Crippen LogP contribution < -0.4 is 0 Å². The van der Waals surface area contributed by atoms with Crippen molar-refractivity contribution in [1.29, 1.82) is 0 Å². The average molecular weight is 258 g/mol. The molecule has 1 aliphatic heterocycles. The number of carbonyl (C=O) groups excluding carboxylic acids is 1. The zero-order chi connectivity index (χ0) is 13.4. The molecule has 2 N–H and O–H groups in total. The summed E-state index contributed by atoms with van der Waals surface area (Å²) in [4.78, 5) is 12.5. The monoisotopic (exact) mass is 258 g/mol. The molecule has 1 aromatic rings. The van der Waals surface area contributed by atoms with Crippen molar-refractivity contribution in [2.75, 3.05) is 6.61 Å². The zero-order valence-corrected chi connectivity index (χ0v) is 10.2. The van der Waals surface area contributed by atoms with Gasteiger partial charge in [0.2, 0.25) is 0 Å². The van der Waals surface area contributed by atoms with E-state index in [1.807, 2.05) is 0 Å². The molecule has 1 aromatic carbocycles. The minimum absolute atomic E-state index is 0.104. The highest BCUT2D eigenvalue weighted by Crippen LogP contribution is 2.36. The quantitative estimate of drug-likeness (QED) is 0.811. The van der Waals surface area contributed by atoms with Crippen LogP contribution in [0, 0.1) is 5.92 Å². The fourth-order valence-corrected chi connectivity index (χ4v) is 2.53. The van der Waals surface area contributed by atoms with Crippen LogP contribution in [-0.4, -0.2) is 22.6 Å². The third-order valence-corrected chi connectivity index (χ3v) is 3.60. The Hall–Kier alpha value is -2.23. The molecule has 1 saturated heterocycles. The van der Waals surface area contributed by atoms with Gasteiger partial charge in [-0.2, -0.15) is 0 Å². The van der Waals surface area contributed by atoms with Gasteiger partial charge in [-0.05, 0) is 30.2 Å². The maximum absolute atomic E-state index is 12.5. The maximum Gasteiger partial charge on any atom is 0.154 e. The summed E-state index contributed by atoms with van der Waals surface area (Å²) < 4.78 is 5.60. The van der Waals surface area contributed by atoms with E-state index in [2.05, 4.69) is 0 Å². The fourth-order valence-electron chi connectivity index (χ4n) is 2.53. The topological polar surface area (TPSA) is 66.8 Å². The summed E-state index contributed by atoms with van der Waals surface area (Å²) in [5.74, 6) is 0.382. The van der Waals surface area contributed by atoms with Crippen molar-refractivity contribution in [1.82, 2.24) is 0 Å². The summed E-state index contributed by atoms with van der Waals surface area (Å²) in [7, 11) is 0. The van der Waals surface area contributed by atoms with Crippen LogP contribution in [-0.2, 0) is 9.53 Å². The summed E-state index contributed by atoms with van der Waals surface area (Å²) in [6.45, 7) is 0.277. The van der Waals surface area contributed by atoms with Gasteiger partial charge in [0.05, 0.1) is 11.8 Å². The Bertz CT molecular complexity index is 568. The fraction of sp³-hybridized carbons (Fsp3) is 0.267. The summed E-state index contributed by atoms with van der Waals surface area (Å²) in [5, 5.41) is 18.7. The highest BCUT2D eigenvalue weighted by molar-refractivity contribution is 5.91. The number of carbonyl (C=O) groups is 1. The number of benzene rings is 1. The van der Waals surface area contributed by atoms with Crippen molar-refractivity contribution in [2.24, 2.45) is 5.92 Å². The van der Waals surface area contributed by atoms with Gasteiger partial charge >= 0.3 is 0 Å². The summed E-state index contributed by atoms with van der Waals surface area (Å²) in [5.41, 5.74) is 0.848. The zero-order valence-electron chi connectivity index (χ0n) is 10.2. The lowest BCUT2D eigenvalue weighted by atomic mass is 9.81. The number of phenolic OH excluding ortho intramolecular Hbond substituents is 1. The average Bonchev–Trinajstić information content (AvgIpc) is 2.40. The highest BCUT2D eigenvalue weighted by atomic mass is 16.5. The molecule has 4 heteroatoms. The lowest BCUT2D eigenvalue weighted by molar-refractivity contribution is -0.128. The van der Waals surface area contributed by atoms with Gasteiger partial charge in [0, 0.05) is 6.08 Å². The van der Waals surface area contributed by atoms with E-state index in [4.69, 9.17) is 4.74 Å². The van der Waals surface area contributed by atoms with Crippen molar-refractivity contribution in [2.45, 2.75) is 12.3 Å². The summed E-state index contributed by atoms with van der Waals surface area (Å²) in [6.07, 6.45) is 3.62. The molecule has 0 spiro atoms. The van der Waals surface area contributed by atoms with Crippen LogP contribution >= 0.6 is 0 Å². The normalized spacial score (nSPS) is 26.0. The Labute approximate surface area is 110 Å². The van der Waals surface area contributed by atoms with Gasteiger partial charge in [-0.15, -0.1) is 0 Å². The first-order valence-electron chi connectivity index (χ1n) is 6.21. The second-order valence-corrected chi connectivity index (χ2v) is 4.82. The van der Waals surface area contributed by atoms with Gasteiger partial charge in [0.15, 0.2) is 5.78 Å². The number of ether oxygens (including phenoxy) is 1. The number of Topliss-reactive ketones (excluding diaryl/α,β-unsaturated/α-hetero) is 1. The number of allylic oxidation sites excluding steroid dienone is 3. The molecule has 1 aliphatic carbocycles. The first-order chi connectivity index (χ1) is 9.15. The number of phenols is 1. The van der Waals surface area contributed by atoms with Crippen LogP contribution in [0.3, 0.4) is 0 Å².